The Labute approximate surface area is 214 Å². The summed E-state index contributed by atoms with van der Waals surface area (Å²) >= 11 is 0. The fourth-order valence-corrected chi connectivity index (χ4v) is 4.95. The molecule has 3 nitrogen and oxygen atoms in total. The SMILES string of the molecule is CCCCCCCCC=CCCCCCCCCOC1CN(C)C[C@H]1OCCCCCCCC. The summed E-state index contributed by atoms with van der Waals surface area (Å²) in [4.78, 5) is 2.36. The molecule has 0 amide bonds. The van der Waals surface area contributed by atoms with E-state index in [1.54, 1.807) is 0 Å². The van der Waals surface area contributed by atoms with E-state index >= 15 is 0 Å². The maximum atomic E-state index is 6.24. The van der Waals surface area contributed by atoms with Crippen molar-refractivity contribution in [2.45, 2.75) is 154 Å². The fraction of sp³-hybridized carbons (Fsp3) is 0.935. The zero-order valence-electron chi connectivity index (χ0n) is 23.5. The summed E-state index contributed by atoms with van der Waals surface area (Å²) in [6.07, 6.45) is 32.3. The van der Waals surface area contributed by atoms with E-state index in [1.165, 1.54) is 128 Å². The highest BCUT2D eigenvalue weighted by molar-refractivity contribution is 4.84. The van der Waals surface area contributed by atoms with Gasteiger partial charge in [-0.25, -0.2) is 0 Å². The summed E-state index contributed by atoms with van der Waals surface area (Å²) in [5.41, 5.74) is 0. The number of hydrogen-bond donors (Lipinski definition) is 0. The van der Waals surface area contributed by atoms with Gasteiger partial charge >= 0.3 is 0 Å². The van der Waals surface area contributed by atoms with E-state index in [0.29, 0.717) is 0 Å². The summed E-state index contributed by atoms with van der Waals surface area (Å²) in [6, 6.07) is 0. The van der Waals surface area contributed by atoms with Crippen LogP contribution in [0.4, 0.5) is 0 Å². The first-order valence-electron chi connectivity index (χ1n) is 15.3. The molecule has 1 heterocycles. The van der Waals surface area contributed by atoms with Crippen LogP contribution in [0, 0.1) is 0 Å². The molecule has 0 saturated carbocycles. The van der Waals surface area contributed by atoms with Crippen LogP contribution in [0.25, 0.3) is 0 Å². The van der Waals surface area contributed by atoms with Crippen molar-refractivity contribution < 1.29 is 9.47 Å². The number of likely N-dealkylation sites (N-methyl/N-ethyl adjacent to an activating group) is 1. The molecule has 0 bridgehead atoms. The second kappa shape index (κ2) is 24.3. The minimum Gasteiger partial charge on any atom is -0.374 e. The molecule has 0 aromatic heterocycles. The smallest absolute Gasteiger partial charge is 0.0975 e. The quantitative estimate of drug-likeness (QED) is 0.0962. The molecule has 1 aliphatic heterocycles. The second-order valence-corrected chi connectivity index (χ2v) is 10.7. The van der Waals surface area contributed by atoms with Gasteiger partial charge in [0.05, 0.1) is 12.2 Å². The van der Waals surface area contributed by atoms with E-state index in [2.05, 4.69) is 37.9 Å². The number of allylic oxidation sites excluding steroid dienone is 2. The highest BCUT2D eigenvalue weighted by Gasteiger charge is 2.32. The molecule has 0 aromatic carbocycles. The topological polar surface area (TPSA) is 21.7 Å². The molecular formula is C31H61NO2. The lowest BCUT2D eigenvalue weighted by Crippen LogP contribution is -2.30. The predicted molar refractivity (Wildman–Crippen MR) is 150 cm³/mol. The Bertz CT molecular complexity index is 439. The monoisotopic (exact) mass is 479 g/mol. The minimum atomic E-state index is 0.271. The summed E-state index contributed by atoms with van der Waals surface area (Å²) in [6.45, 7) is 8.41. The highest BCUT2D eigenvalue weighted by Crippen LogP contribution is 2.17. The van der Waals surface area contributed by atoms with E-state index in [9.17, 15) is 0 Å². The van der Waals surface area contributed by atoms with E-state index < -0.39 is 0 Å². The molecule has 202 valence electrons. The van der Waals surface area contributed by atoms with E-state index in [4.69, 9.17) is 9.47 Å². The van der Waals surface area contributed by atoms with Gasteiger partial charge < -0.3 is 14.4 Å². The zero-order chi connectivity index (χ0) is 24.5. The number of likely N-dealkylation sites (tertiary alicyclic amines) is 1. The average Bonchev–Trinajstić information content (AvgIpc) is 3.19. The van der Waals surface area contributed by atoms with Crippen LogP contribution < -0.4 is 0 Å². The van der Waals surface area contributed by atoms with Crippen LogP contribution in [0.5, 0.6) is 0 Å². The van der Waals surface area contributed by atoms with Crippen LogP contribution in [-0.4, -0.2) is 50.5 Å². The number of ether oxygens (including phenoxy) is 2. The molecule has 1 rings (SSSR count). The van der Waals surface area contributed by atoms with Crippen molar-refractivity contribution in [2.75, 3.05) is 33.4 Å². The van der Waals surface area contributed by atoms with Crippen molar-refractivity contribution in [3.05, 3.63) is 12.2 Å². The molecule has 1 aliphatic rings. The Morgan fingerprint density at radius 2 is 0.882 bits per heavy atom. The van der Waals surface area contributed by atoms with Gasteiger partial charge in [-0.1, -0.05) is 116 Å². The Kier molecular flexibility index (Phi) is 22.6. The van der Waals surface area contributed by atoms with Gasteiger partial charge in [0.1, 0.15) is 0 Å². The maximum Gasteiger partial charge on any atom is 0.0975 e. The summed E-state index contributed by atoms with van der Waals surface area (Å²) in [5.74, 6) is 0. The van der Waals surface area contributed by atoms with Gasteiger partial charge in [0.25, 0.3) is 0 Å². The van der Waals surface area contributed by atoms with Crippen molar-refractivity contribution in [1.29, 1.82) is 0 Å². The van der Waals surface area contributed by atoms with Gasteiger partial charge in [-0.2, -0.15) is 0 Å². The standard InChI is InChI=1S/C31H61NO2/c1-4-6-8-10-12-13-14-15-16-17-18-19-20-21-23-25-27-34-31-29-32(3)28-30(31)33-26-24-22-11-9-7-5-2/h15-16,30-31H,4-14,17-29H2,1-3H3/t30-,31?/m1/s1. The van der Waals surface area contributed by atoms with Crippen LogP contribution in [0.1, 0.15) is 142 Å². The van der Waals surface area contributed by atoms with Crippen LogP contribution in [-0.2, 0) is 9.47 Å². The number of rotatable bonds is 25. The largest absolute Gasteiger partial charge is 0.374 e. The van der Waals surface area contributed by atoms with Gasteiger partial charge in [-0.15, -0.1) is 0 Å². The number of hydrogen-bond acceptors (Lipinski definition) is 3. The lowest BCUT2D eigenvalue weighted by molar-refractivity contribution is -0.0481. The summed E-state index contributed by atoms with van der Waals surface area (Å²) < 4.78 is 12.4. The van der Waals surface area contributed by atoms with Gasteiger partial charge in [0.15, 0.2) is 0 Å². The predicted octanol–water partition coefficient (Wildman–Crippen LogP) is 9.10. The Morgan fingerprint density at radius 1 is 0.529 bits per heavy atom. The van der Waals surface area contributed by atoms with Crippen molar-refractivity contribution in [2.24, 2.45) is 0 Å². The Morgan fingerprint density at radius 3 is 1.29 bits per heavy atom. The lowest BCUT2D eigenvalue weighted by atomic mass is 10.1. The van der Waals surface area contributed by atoms with Gasteiger partial charge in [-0.05, 0) is 45.6 Å². The normalized spacial score (nSPS) is 19.0. The van der Waals surface area contributed by atoms with Crippen molar-refractivity contribution in [3.8, 4) is 0 Å². The summed E-state index contributed by atoms with van der Waals surface area (Å²) in [7, 11) is 2.19. The average molecular weight is 480 g/mol. The lowest BCUT2D eigenvalue weighted by Gasteiger charge is -2.20. The molecule has 1 unspecified atom stereocenters. The van der Waals surface area contributed by atoms with Crippen LogP contribution in [0.3, 0.4) is 0 Å². The van der Waals surface area contributed by atoms with E-state index in [1.807, 2.05) is 0 Å². The molecule has 0 N–H and O–H groups in total. The molecule has 2 atom stereocenters. The Balaban J connectivity index is 1.89. The molecule has 0 aliphatic carbocycles. The first-order valence-corrected chi connectivity index (χ1v) is 15.3. The minimum absolute atomic E-state index is 0.271. The van der Waals surface area contributed by atoms with E-state index in [-0.39, 0.29) is 12.2 Å². The molecule has 34 heavy (non-hydrogen) atoms. The van der Waals surface area contributed by atoms with Crippen LogP contribution in [0.2, 0.25) is 0 Å². The van der Waals surface area contributed by atoms with Crippen molar-refractivity contribution >= 4 is 0 Å². The third kappa shape index (κ3) is 18.9. The van der Waals surface area contributed by atoms with Crippen LogP contribution in [0.15, 0.2) is 12.2 Å². The first kappa shape index (κ1) is 31.6. The van der Waals surface area contributed by atoms with Crippen molar-refractivity contribution in [1.82, 2.24) is 4.90 Å². The second-order valence-electron chi connectivity index (χ2n) is 10.7. The maximum absolute atomic E-state index is 6.24. The third-order valence-corrected chi connectivity index (χ3v) is 7.22. The molecule has 0 aromatic rings. The van der Waals surface area contributed by atoms with Crippen LogP contribution >= 0.6 is 0 Å². The molecule has 3 heteroatoms. The zero-order valence-corrected chi connectivity index (χ0v) is 23.5. The third-order valence-electron chi connectivity index (χ3n) is 7.22. The Hall–Kier alpha value is -0.380. The molecule has 0 radical (unpaired) electrons. The molecule has 1 saturated heterocycles. The number of nitrogens with zero attached hydrogens (tertiary/aromatic N) is 1. The van der Waals surface area contributed by atoms with Gasteiger partial charge in [-0.3, -0.25) is 0 Å². The highest BCUT2D eigenvalue weighted by atomic mass is 16.5. The van der Waals surface area contributed by atoms with Gasteiger partial charge in [0, 0.05) is 26.3 Å². The molecular weight excluding hydrogens is 418 g/mol. The van der Waals surface area contributed by atoms with E-state index in [0.717, 1.165) is 26.3 Å². The first-order chi connectivity index (χ1) is 16.8. The summed E-state index contributed by atoms with van der Waals surface area (Å²) in [5, 5.41) is 0. The molecule has 0 spiro atoms. The van der Waals surface area contributed by atoms with Crippen molar-refractivity contribution in [3.63, 3.8) is 0 Å². The fourth-order valence-electron chi connectivity index (χ4n) is 4.95. The number of unbranched alkanes of at least 4 members (excludes halogenated alkanes) is 17. The molecule has 1 fully saturated rings. The van der Waals surface area contributed by atoms with Gasteiger partial charge in [0.2, 0.25) is 0 Å².